The fourth-order valence-electron chi connectivity index (χ4n) is 1.23. The Morgan fingerprint density at radius 2 is 2.23 bits per heavy atom. The van der Waals surface area contributed by atoms with Gasteiger partial charge in [-0.25, -0.2) is 0 Å². The number of hydrogen-bond acceptors (Lipinski definition) is 4. The van der Waals surface area contributed by atoms with Gasteiger partial charge < -0.3 is 9.47 Å². The number of Topliss-reactive ketones (excluding diaryl/α,β-unsaturated/α-hetero) is 1. The molecule has 1 aliphatic rings. The zero-order valence-corrected chi connectivity index (χ0v) is 8.03. The minimum Gasteiger partial charge on any atom is -0.491 e. The molecule has 0 aliphatic carbocycles. The Labute approximate surface area is 77.2 Å². The zero-order valence-electron chi connectivity index (χ0n) is 8.03. The highest BCUT2D eigenvalue weighted by molar-refractivity contribution is 6.15. The highest BCUT2D eigenvalue weighted by atomic mass is 16.5. The van der Waals surface area contributed by atoms with E-state index < -0.39 is 6.10 Å². The van der Waals surface area contributed by atoms with Gasteiger partial charge in [0.1, 0.15) is 0 Å². The lowest BCUT2D eigenvalue weighted by Gasteiger charge is -2.19. The molecule has 1 rings (SSSR count). The van der Waals surface area contributed by atoms with E-state index in [2.05, 4.69) is 4.99 Å². The maximum atomic E-state index is 11.6. The number of carbonyl (C=O) groups excluding carboxylic acids is 1. The van der Waals surface area contributed by atoms with Crippen LogP contribution in [-0.4, -0.2) is 31.8 Å². The highest BCUT2D eigenvalue weighted by Gasteiger charge is 2.29. The highest BCUT2D eigenvalue weighted by Crippen LogP contribution is 2.14. The van der Waals surface area contributed by atoms with E-state index in [4.69, 9.17) is 9.47 Å². The predicted molar refractivity (Wildman–Crippen MR) is 48.6 cm³/mol. The zero-order chi connectivity index (χ0) is 9.84. The Hall–Kier alpha value is -1.16. The molecule has 0 N–H and O–H groups in total. The monoisotopic (exact) mass is 183 g/mol. The van der Waals surface area contributed by atoms with Crippen LogP contribution in [0.1, 0.15) is 13.3 Å². The van der Waals surface area contributed by atoms with E-state index in [1.165, 1.54) is 20.4 Å². The summed E-state index contributed by atoms with van der Waals surface area (Å²) in [7, 11) is 2.94. The maximum Gasteiger partial charge on any atom is 0.233 e. The predicted octanol–water partition coefficient (Wildman–Crippen LogP) is 0.923. The lowest BCUT2D eigenvalue weighted by molar-refractivity contribution is -0.124. The third kappa shape index (κ3) is 1.78. The lowest BCUT2D eigenvalue weighted by Crippen LogP contribution is -2.35. The Bertz CT molecular complexity index is 268. The van der Waals surface area contributed by atoms with Gasteiger partial charge in [0, 0.05) is 7.11 Å². The van der Waals surface area contributed by atoms with Crippen molar-refractivity contribution in [3.8, 4) is 0 Å². The van der Waals surface area contributed by atoms with Gasteiger partial charge in [-0.3, -0.25) is 9.79 Å². The summed E-state index contributed by atoms with van der Waals surface area (Å²) >= 11 is 0. The van der Waals surface area contributed by atoms with E-state index >= 15 is 0 Å². The first-order valence-electron chi connectivity index (χ1n) is 4.12. The van der Waals surface area contributed by atoms with Gasteiger partial charge in [-0.15, -0.1) is 0 Å². The minimum absolute atomic E-state index is 0.156. The molecule has 0 fully saturated rings. The molecule has 0 spiro atoms. The van der Waals surface area contributed by atoms with Crippen LogP contribution in [0, 0.1) is 0 Å². The van der Waals surface area contributed by atoms with Gasteiger partial charge in [0.15, 0.2) is 11.9 Å². The molecular weight excluding hydrogens is 170 g/mol. The lowest BCUT2D eigenvalue weighted by atomic mass is 10.0. The number of ether oxygens (including phenoxy) is 2. The van der Waals surface area contributed by atoms with Crippen LogP contribution in [0.5, 0.6) is 0 Å². The molecule has 0 aromatic rings. The van der Waals surface area contributed by atoms with Crippen molar-refractivity contribution in [3.63, 3.8) is 0 Å². The largest absolute Gasteiger partial charge is 0.491 e. The SMILES string of the molecule is CCC1=NC=C(OC)C(=O)C1OC. The molecule has 1 atom stereocenters. The summed E-state index contributed by atoms with van der Waals surface area (Å²) in [5.74, 6) is 0.0981. The summed E-state index contributed by atoms with van der Waals surface area (Å²) in [5.41, 5.74) is 0.744. The first kappa shape index (κ1) is 9.92. The average Bonchev–Trinajstić information content (AvgIpc) is 2.17. The fourth-order valence-corrected chi connectivity index (χ4v) is 1.23. The second-order valence-corrected chi connectivity index (χ2v) is 2.65. The van der Waals surface area contributed by atoms with Crippen LogP contribution < -0.4 is 0 Å². The van der Waals surface area contributed by atoms with Crippen LogP contribution in [0.3, 0.4) is 0 Å². The van der Waals surface area contributed by atoms with Crippen LogP contribution in [-0.2, 0) is 14.3 Å². The summed E-state index contributed by atoms with van der Waals surface area (Å²) in [5, 5.41) is 0. The van der Waals surface area contributed by atoms with Crippen molar-refractivity contribution < 1.29 is 14.3 Å². The number of ketones is 1. The Morgan fingerprint density at radius 3 is 2.69 bits per heavy atom. The first-order chi connectivity index (χ1) is 6.24. The van der Waals surface area contributed by atoms with Crippen molar-refractivity contribution in [1.29, 1.82) is 0 Å². The van der Waals surface area contributed by atoms with Gasteiger partial charge in [-0.05, 0) is 6.42 Å². The number of rotatable bonds is 3. The minimum atomic E-state index is -0.565. The van der Waals surface area contributed by atoms with E-state index in [0.717, 1.165) is 5.71 Å². The summed E-state index contributed by atoms with van der Waals surface area (Å²) in [6.45, 7) is 1.93. The number of carbonyl (C=O) groups is 1. The third-order valence-corrected chi connectivity index (χ3v) is 1.95. The van der Waals surface area contributed by atoms with E-state index in [0.29, 0.717) is 6.42 Å². The molecule has 4 nitrogen and oxygen atoms in total. The molecule has 0 saturated heterocycles. The molecule has 13 heavy (non-hydrogen) atoms. The smallest absolute Gasteiger partial charge is 0.233 e. The van der Waals surface area contributed by atoms with E-state index in [1.807, 2.05) is 6.92 Å². The maximum absolute atomic E-state index is 11.6. The van der Waals surface area contributed by atoms with Crippen molar-refractivity contribution in [2.75, 3.05) is 14.2 Å². The van der Waals surface area contributed by atoms with Crippen LogP contribution >= 0.6 is 0 Å². The van der Waals surface area contributed by atoms with Crippen molar-refractivity contribution in [2.24, 2.45) is 4.99 Å². The normalized spacial score (nSPS) is 22.4. The molecule has 0 amide bonds. The van der Waals surface area contributed by atoms with E-state index in [1.54, 1.807) is 0 Å². The standard InChI is InChI=1S/C9H13NO3/c1-4-6-9(13-3)8(11)7(12-2)5-10-6/h5,9H,4H2,1-3H3. The topological polar surface area (TPSA) is 47.9 Å². The molecule has 1 unspecified atom stereocenters. The van der Waals surface area contributed by atoms with E-state index in [-0.39, 0.29) is 11.5 Å². The average molecular weight is 183 g/mol. The first-order valence-corrected chi connectivity index (χ1v) is 4.12. The molecule has 0 bridgehead atoms. The van der Waals surface area contributed by atoms with Crippen LogP contribution in [0.4, 0.5) is 0 Å². The van der Waals surface area contributed by atoms with Gasteiger partial charge in [0.25, 0.3) is 0 Å². The second-order valence-electron chi connectivity index (χ2n) is 2.65. The molecule has 72 valence electrons. The molecule has 0 radical (unpaired) electrons. The summed E-state index contributed by atoms with van der Waals surface area (Å²) in [6, 6.07) is 0. The van der Waals surface area contributed by atoms with Crippen molar-refractivity contribution in [3.05, 3.63) is 12.0 Å². The number of hydrogen-bond donors (Lipinski definition) is 0. The second kappa shape index (κ2) is 4.18. The number of methoxy groups -OCH3 is 2. The van der Waals surface area contributed by atoms with Crippen LogP contribution in [0.25, 0.3) is 0 Å². The Kier molecular flexibility index (Phi) is 3.19. The van der Waals surface area contributed by atoms with Gasteiger partial charge in [0.05, 0.1) is 19.0 Å². The molecule has 0 saturated carbocycles. The van der Waals surface area contributed by atoms with Gasteiger partial charge in [-0.1, -0.05) is 6.92 Å². The summed E-state index contributed by atoms with van der Waals surface area (Å²) in [6.07, 6.45) is 1.58. The number of nitrogens with zero attached hydrogens (tertiary/aromatic N) is 1. The quantitative estimate of drug-likeness (QED) is 0.653. The van der Waals surface area contributed by atoms with Crippen LogP contribution in [0.15, 0.2) is 17.0 Å². The van der Waals surface area contributed by atoms with Crippen molar-refractivity contribution in [2.45, 2.75) is 19.4 Å². The van der Waals surface area contributed by atoms with Crippen molar-refractivity contribution >= 4 is 11.5 Å². The molecule has 0 aromatic carbocycles. The molecule has 1 aliphatic heterocycles. The molecule has 0 aromatic heterocycles. The van der Waals surface area contributed by atoms with Gasteiger partial charge in [0.2, 0.25) is 5.78 Å². The van der Waals surface area contributed by atoms with Gasteiger partial charge in [-0.2, -0.15) is 0 Å². The van der Waals surface area contributed by atoms with Gasteiger partial charge >= 0.3 is 0 Å². The third-order valence-electron chi connectivity index (χ3n) is 1.95. The number of aliphatic imine (C=N–C) groups is 1. The van der Waals surface area contributed by atoms with Crippen molar-refractivity contribution in [1.82, 2.24) is 0 Å². The fraction of sp³-hybridized carbons (Fsp3) is 0.556. The summed E-state index contributed by atoms with van der Waals surface area (Å²) in [4.78, 5) is 15.6. The molecule has 4 heteroatoms. The Balaban J connectivity index is 2.94. The van der Waals surface area contributed by atoms with Crippen LogP contribution in [0.2, 0.25) is 0 Å². The molecule has 1 heterocycles. The summed E-state index contributed by atoms with van der Waals surface area (Å²) < 4.78 is 9.89. The Morgan fingerprint density at radius 1 is 1.54 bits per heavy atom. The van der Waals surface area contributed by atoms with E-state index in [9.17, 15) is 4.79 Å². The molecular formula is C9H13NO3.